The lowest BCUT2D eigenvalue weighted by Crippen LogP contribution is -2.46. The minimum atomic E-state index is -1.09. The van der Waals surface area contributed by atoms with E-state index in [-0.39, 0.29) is 17.5 Å². The standard InChI is InChI=1S/C22H37N5O2Si/c1-16-7-9-22(2,3)13-18(16)25-21(28)26-19-14-23-20-17(24-19)8-10-27(20)15-29-11-12-30(4,5)6/h8,10,14,16,18H,7,9,11-13,15H2,1-6H3,(H2,24,25,26,28). The zero-order valence-corrected chi connectivity index (χ0v) is 20.3. The molecule has 2 amide bonds. The molecule has 2 atom stereocenters. The molecular weight excluding hydrogens is 394 g/mol. The molecule has 0 spiro atoms. The Morgan fingerprint density at radius 2 is 2.13 bits per heavy atom. The fraction of sp³-hybridized carbons (Fsp3) is 0.682. The summed E-state index contributed by atoms with van der Waals surface area (Å²) in [6.07, 6.45) is 6.86. The van der Waals surface area contributed by atoms with Crippen molar-refractivity contribution in [1.29, 1.82) is 0 Å². The molecule has 0 aromatic carbocycles. The number of urea groups is 1. The van der Waals surface area contributed by atoms with Crippen LogP contribution in [-0.2, 0) is 11.5 Å². The van der Waals surface area contributed by atoms with Crippen LogP contribution >= 0.6 is 0 Å². The van der Waals surface area contributed by atoms with E-state index < -0.39 is 8.07 Å². The third-order valence-electron chi connectivity index (χ3n) is 5.98. The van der Waals surface area contributed by atoms with Crippen molar-refractivity contribution >= 4 is 31.1 Å². The molecule has 2 aromatic rings. The maximum Gasteiger partial charge on any atom is 0.320 e. The summed E-state index contributed by atoms with van der Waals surface area (Å²) in [5.41, 5.74) is 1.77. The van der Waals surface area contributed by atoms with E-state index in [1.54, 1.807) is 6.20 Å². The van der Waals surface area contributed by atoms with Crippen LogP contribution in [0.3, 0.4) is 0 Å². The molecule has 7 nitrogen and oxygen atoms in total. The molecule has 2 aromatic heterocycles. The van der Waals surface area contributed by atoms with Gasteiger partial charge in [0.05, 0.1) is 6.20 Å². The second-order valence-electron chi connectivity index (χ2n) is 10.7. The summed E-state index contributed by atoms with van der Waals surface area (Å²) in [6.45, 7) is 15.0. The van der Waals surface area contributed by atoms with E-state index in [9.17, 15) is 4.79 Å². The largest absolute Gasteiger partial charge is 0.361 e. The van der Waals surface area contributed by atoms with Gasteiger partial charge in [-0.15, -0.1) is 0 Å². The van der Waals surface area contributed by atoms with E-state index in [4.69, 9.17) is 4.74 Å². The number of anilines is 1. The van der Waals surface area contributed by atoms with Crippen molar-refractivity contribution in [3.8, 4) is 0 Å². The van der Waals surface area contributed by atoms with Crippen molar-refractivity contribution in [3.63, 3.8) is 0 Å². The molecule has 1 saturated carbocycles. The highest BCUT2D eigenvalue weighted by Crippen LogP contribution is 2.38. The van der Waals surface area contributed by atoms with Gasteiger partial charge in [0.25, 0.3) is 0 Å². The second-order valence-corrected chi connectivity index (χ2v) is 16.3. The highest BCUT2D eigenvalue weighted by Gasteiger charge is 2.33. The normalized spacial score (nSPS) is 21.5. The van der Waals surface area contributed by atoms with Gasteiger partial charge in [0.1, 0.15) is 12.2 Å². The third kappa shape index (κ3) is 6.28. The highest BCUT2D eigenvalue weighted by atomic mass is 28.3. The summed E-state index contributed by atoms with van der Waals surface area (Å²) in [5.74, 6) is 0.937. The fourth-order valence-corrected chi connectivity index (χ4v) is 4.66. The molecule has 3 rings (SSSR count). The number of hydrogen-bond acceptors (Lipinski definition) is 4. The van der Waals surface area contributed by atoms with E-state index in [2.05, 4.69) is 61.0 Å². The number of hydrogen-bond donors (Lipinski definition) is 2. The Labute approximate surface area is 181 Å². The van der Waals surface area contributed by atoms with Crippen LogP contribution in [0.15, 0.2) is 18.5 Å². The Bertz CT molecular complexity index is 874. The SMILES string of the molecule is CC1CCC(C)(C)CC1NC(=O)Nc1cnc2c(ccn2COCC[Si](C)(C)C)n1. The van der Waals surface area contributed by atoms with Gasteiger partial charge in [-0.1, -0.05) is 40.4 Å². The molecule has 2 unspecified atom stereocenters. The molecule has 0 bridgehead atoms. The van der Waals surface area contributed by atoms with Gasteiger partial charge in [-0.25, -0.2) is 14.8 Å². The summed E-state index contributed by atoms with van der Waals surface area (Å²) in [7, 11) is -1.09. The third-order valence-corrected chi connectivity index (χ3v) is 7.69. The minimum absolute atomic E-state index is 0.180. The molecule has 0 aliphatic heterocycles. The predicted molar refractivity (Wildman–Crippen MR) is 124 cm³/mol. The number of carbonyl (C=O) groups excluding carboxylic acids is 1. The first-order valence-electron chi connectivity index (χ1n) is 11.0. The van der Waals surface area contributed by atoms with Crippen LogP contribution in [0, 0.1) is 11.3 Å². The van der Waals surface area contributed by atoms with Gasteiger partial charge < -0.3 is 14.6 Å². The van der Waals surface area contributed by atoms with Gasteiger partial charge in [-0.2, -0.15) is 0 Å². The van der Waals surface area contributed by atoms with Crippen LogP contribution in [0.4, 0.5) is 10.6 Å². The lowest BCUT2D eigenvalue weighted by molar-refractivity contribution is 0.0899. The molecule has 8 heteroatoms. The highest BCUT2D eigenvalue weighted by molar-refractivity contribution is 6.76. The van der Waals surface area contributed by atoms with Gasteiger partial charge in [0, 0.05) is 26.9 Å². The van der Waals surface area contributed by atoms with Crippen LogP contribution in [0.25, 0.3) is 11.2 Å². The zero-order valence-electron chi connectivity index (χ0n) is 19.3. The van der Waals surface area contributed by atoms with E-state index in [1.165, 1.54) is 6.42 Å². The first-order valence-corrected chi connectivity index (χ1v) is 14.7. The van der Waals surface area contributed by atoms with Crippen molar-refractivity contribution in [2.75, 3.05) is 11.9 Å². The number of nitrogens with one attached hydrogen (secondary N) is 2. The van der Waals surface area contributed by atoms with Crippen molar-refractivity contribution in [3.05, 3.63) is 18.5 Å². The first kappa shape index (κ1) is 22.7. The summed E-state index contributed by atoms with van der Waals surface area (Å²) in [5, 5.41) is 5.98. The van der Waals surface area contributed by atoms with Crippen LogP contribution in [-0.4, -0.2) is 41.3 Å². The maximum absolute atomic E-state index is 12.5. The van der Waals surface area contributed by atoms with E-state index in [0.29, 0.717) is 18.5 Å². The number of rotatable bonds is 7. The van der Waals surface area contributed by atoms with Crippen LogP contribution in [0.2, 0.25) is 25.7 Å². The Kier molecular flexibility index (Phi) is 6.87. The average molecular weight is 432 g/mol. The summed E-state index contributed by atoms with van der Waals surface area (Å²) in [4.78, 5) is 21.6. The van der Waals surface area contributed by atoms with Gasteiger partial charge in [0.15, 0.2) is 11.5 Å². The average Bonchev–Trinajstić information content (AvgIpc) is 3.03. The van der Waals surface area contributed by atoms with Gasteiger partial charge in [-0.05, 0) is 42.7 Å². The number of aromatic nitrogens is 3. The van der Waals surface area contributed by atoms with Crippen molar-refractivity contribution in [2.45, 2.75) is 78.5 Å². The van der Waals surface area contributed by atoms with Gasteiger partial charge in [-0.3, -0.25) is 5.32 Å². The van der Waals surface area contributed by atoms with E-state index in [0.717, 1.165) is 36.7 Å². The van der Waals surface area contributed by atoms with E-state index >= 15 is 0 Å². The Morgan fingerprint density at radius 3 is 2.87 bits per heavy atom. The summed E-state index contributed by atoms with van der Waals surface area (Å²) >= 11 is 0. The molecule has 2 heterocycles. The second kappa shape index (κ2) is 9.06. The smallest absolute Gasteiger partial charge is 0.320 e. The van der Waals surface area contributed by atoms with Gasteiger partial charge in [0.2, 0.25) is 0 Å². The molecule has 30 heavy (non-hydrogen) atoms. The lowest BCUT2D eigenvalue weighted by Gasteiger charge is -2.39. The predicted octanol–water partition coefficient (Wildman–Crippen LogP) is 5.08. The van der Waals surface area contributed by atoms with Crippen LogP contribution < -0.4 is 10.6 Å². The van der Waals surface area contributed by atoms with Gasteiger partial charge >= 0.3 is 6.03 Å². The number of fused-ring (bicyclic) bond motifs is 1. The monoisotopic (exact) mass is 431 g/mol. The van der Waals surface area contributed by atoms with E-state index in [1.807, 2.05) is 16.8 Å². The molecule has 1 aliphatic carbocycles. The van der Waals surface area contributed by atoms with Crippen LogP contribution in [0.5, 0.6) is 0 Å². The summed E-state index contributed by atoms with van der Waals surface area (Å²) in [6, 6.07) is 3.00. The number of nitrogens with zero attached hydrogens (tertiary/aromatic N) is 3. The molecule has 166 valence electrons. The van der Waals surface area contributed by atoms with Crippen molar-refractivity contribution in [2.24, 2.45) is 11.3 Å². The first-order chi connectivity index (χ1) is 14.0. The van der Waals surface area contributed by atoms with Crippen molar-refractivity contribution < 1.29 is 9.53 Å². The lowest BCUT2D eigenvalue weighted by atomic mass is 9.71. The minimum Gasteiger partial charge on any atom is -0.361 e. The van der Waals surface area contributed by atoms with Crippen LogP contribution in [0.1, 0.15) is 40.0 Å². The Balaban J connectivity index is 1.56. The topological polar surface area (TPSA) is 81.1 Å². The quantitative estimate of drug-likeness (QED) is 0.473. The number of amides is 2. The molecular formula is C22H37N5O2Si. The number of carbonyl (C=O) groups is 1. The fourth-order valence-electron chi connectivity index (χ4n) is 3.90. The summed E-state index contributed by atoms with van der Waals surface area (Å²) < 4.78 is 7.77. The molecule has 2 N–H and O–H groups in total. The Hall–Kier alpha value is -1.93. The zero-order chi connectivity index (χ0) is 21.9. The molecule has 0 saturated heterocycles. The molecule has 0 radical (unpaired) electrons. The molecule has 1 aliphatic rings. The Morgan fingerprint density at radius 1 is 1.37 bits per heavy atom. The van der Waals surface area contributed by atoms with Crippen molar-refractivity contribution in [1.82, 2.24) is 19.9 Å². The maximum atomic E-state index is 12.5. The molecule has 1 fully saturated rings. The number of ether oxygens (including phenoxy) is 1.